The minimum atomic E-state index is 0.0505. The van der Waals surface area contributed by atoms with Gasteiger partial charge in [-0.2, -0.15) is 0 Å². The first-order valence-electron chi connectivity index (χ1n) is 11.2. The van der Waals surface area contributed by atoms with Crippen molar-refractivity contribution in [2.75, 3.05) is 47.3 Å². The molecule has 1 aliphatic carbocycles. The normalized spacial score (nSPS) is 20.5. The third-order valence-corrected chi connectivity index (χ3v) is 6.60. The molecular formula is C24H39N3O2. The van der Waals surface area contributed by atoms with Crippen LogP contribution in [0.15, 0.2) is 24.3 Å². The third kappa shape index (κ3) is 6.45. The minimum absolute atomic E-state index is 0.0505. The van der Waals surface area contributed by atoms with E-state index in [9.17, 15) is 4.79 Å². The molecule has 1 amide bonds. The maximum absolute atomic E-state index is 12.7. The van der Waals surface area contributed by atoms with Crippen LogP contribution in [-0.2, 0) is 0 Å². The Labute approximate surface area is 177 Å². The number of hydrogen-bond acceptors (Lipinski definition) is 4. The van der Waals surface area contributed by atoms with Crippen molar-refractivity contribution in [2.24, 2.45) is 5.41 Å². The van der Waals surface area contributed by atoms with Crippen LogP contribution in [0, 0.1) is 5.41 Å². The molecule has 1 heterocycles. The zero-order valence-electron chi connectivity index (χ0n) is 19.0. The van der Waals surface area contributed by atoms with Crippen LogP contribution < -0.4 is 4.74 Å². The molecule has 1 unspecified atom stereocenters. The van der Waals surface area contributed by atoms with E-state index in [1.807, 2.05) is 45.4 Å². The molecule has 2 aliphatic rings. The fourth-order valence-electron chi connectivity index (χ4n) is 4.26. The van der Waals surface area contributed by atoms with Gasteiger partial charge in [-0.25, -0.2) is 0 Å². The smallest absolute Gasteiger partial charge is 0.253 e. The summed E-state index contributed by atoms with van der Waals surface area (Å²) in [4.78, 5) is 19.2. The zero-order valence-corrected chi connectivity index (χ0v) is 19.0. The molecule has 0 spiro atoms. The largest absolute Gasteiger partial charge is 0.490 e. The number of carbonyl (C=O) groups is 1. The first-order chi connectivity index (χ1) is 13.8. The number of nitrogens with zero attached hydrogens (tertiary/aromatic N) is 3. The Hall–Kier alpha value is -1.59. The molecule has 29 heavy (non-hydrogen) atoms. The van der Waals surface area contributed by atoms with E-state index in [1.54, 1.807) is 4.90 Å². The highest BCUT2D eigenvalue weighted by molar-refractivity contribution is 5.94. The second kappa shape index (κ2) is 9.48. The van der Waals surface area contributed by atoms with Gasteiger partial charge >= 0.3 is 0 Å². The number of piperidine rings is 1. The summed E-state index contributed by atoms with van der Waals surface area (Å²) >= 11 is 0. The van der Waals surface area contributed by atoms with Crippen molar-refractivity contribution in [3.8, 4) is 5.75 Å². The lowest BCUT2D eigenvalue weighted by Gasteiger charge is -2.37. The Bertz CT molecular complexity index is 678. The molecule has 1 aromatic rings. The van der Waals surface area contributed by atoms with Crippen molar-refractivity contribution in [2.45, 2.75) is 58.1 Å². The monoisotopic (exact) mass is 401 g/mol. The van der Waals surface area contributed by atoms with Crippen molar-refractivity contribution in [1.29, 1.82) is 0 Å². The van der Waals surface area contributed by atoms with E-state index in [-0.39, 0.29) is 12.0 Å². The van der Waals surface area contributed by atoms with Gasteiger partial charge in [0.1, 0.15) is 11.9 Å². The van der Waals surface area contributed by atoms with Crippen LogP contribution in [-0.4, -0.2) is 80.1 Å². The highest BCUT2D eigenvalue weighted by atomic mass is 16.5. The molecule has 1 saturated heterocycles. The van der Waals surface area contributed by atoms with Crippen molar-refractivity contribution in [1.82, 2.24) is 14.7 Å². The Morgan fingerprint density at radius 2 is 1.90 bits per heavy atom. The Balaban J connectivity index is 1.48. The van der Waals surface area contributed by atoms with E-state index < -0.39 is 0 Å². The Morgan fingerprint density at radius 1 is 1.21 bits per heavy atom. The highest BCUT2D eigenvalue weighted by Gasteiger charge is 2.39. The summed E-state index contributed by atoms with van der Waals surface area (Å²) in [6.45, 7) is 8.58. The predicted molar refractivity (Wildman–Crippen MR) is 119 cm³/mol. The maximum atomic E-state index is 12.7. The van der Waals surface area contributed by atoms with E-state index in [1.165, 1.54) is 19.3 Å². The van der Waals surface area contributed by atoms with Crippen LogP contribution in [0.4, 0.5) is 0 Å². The van der Waals surface area contributed by atoms with Gasteiger partial charge in [0.2, 0.25) is 0 Å². The van der Waals surface area contributed by atoms with Gasteiger partial charge in [-0.3, -0.25) is 4.79 Å². The topological polar surface area (TPSA) is 36.0 Å². The molecule has 5 heteroatoms. The van der Waals surface area contributed by atoms with Crippen molar-refractivity contribution in [3.05, 3.63) is 29.8 Å². The number of likely N-dealkylation sites (N-methyl/N-ethyl adjacent to an activating group) is 2. The molecule has 2 fully saturated rings. The Morgan fingerprint density at radius 3 is 2.52 bits per heavy atom. The predicted octanol–water partition coefficient (Wildman–Crippen LogP) is 3.74. The summed E-state index contributed by atoms with van der Waals surface area (Å²) in [6.07, 6.45) is 6.48. The second-order valence-corrected chi connectivity index (χ2v) is 9.77. The van der Waals surface area contributed by atoms with Gasteiger partial charge in [-0.15, -0.1) is 0 Å². The van der Waals surface area contributed by atoms with Gasteiger partial charge < -0.3 is 19.4 Å². The number of likely N-dealkylation sites (tertiary alicyclic amines) is 1. The second-order valence-electron chi connectivity index (χ2n) is 9.77. The molecule has 0 bridgehead atoms. The summed E-state index contributed by atoms with van der Waals surface area (Å²) in [6, 6.07) is 8.35. The number of carbonyl (C=O) groups excluding carboxylic acids is 1. The summed E-state index contributed by atoms with van der Waals surface area (Å²) in [5, 5.41) is 0. The van der Waals surface area contributed by atoms with E-state index in [2.05, 4.69) is 23.6 Å². The van der Waals surface area contributed by atoms with Gasteiger partial charge in [0.05, 0.1) is 0 Å². The van der Waals surface area contributed by atoms with Crippen LogP contribution in [0.5, 0.6) is 5.75 Å². The average molecular weight is 402 g/mol. The number of rotatable bonds is 9. The molecule has 1 aliphatic heterocycles. The van der Waals surface area contributed by atoms with E-state index >= 15 is 0 Å². The van der Waals surface area contributed by atoms with Gasteiger partial charge in [-0.05, 0) is 76.7 Å². The number of benzene rings is 1. The number of ether oxygens (including phenoxy) is 1. The van der Waals surface area contributed by atoms with Crippen LogP contribution in [0.3, 0.4) is 0 Å². The molecule has 0 N–H and O–H groups in total. The van der Waals surface area contributed by atoms with Crippen LogP contribution in [0.25, 0.3) is 0 Å². The van der Waals surface area contributed by atoms with E-state index in [0.29, 0.717) is 23.6 Å². The van der Waals surface area contributed by atoms with Gasteiger partial charge in [0, 0.05) is 44.8 Å². The third-order valence-electron chi connectivity index (χ3n) is 6.60. The van der Waals surface area contributed by atoms with Crippen molar-refractivity contribution in [3.63, 3.8) is 0 Å². The van der Waals surface area contributed by atoms with Crippen molar-refractivity contribution >= 4 is 5.91 Å². The summed E-state index contributed by atoms with van der Waals surface area (Å²) in [5.41, 5.74) is 1.31. The lowest BCUT2D eigenvalue weighted by molar-refractivity contribution is 0.0713. The van der Waals surface area contributed by atoms with Gasteiger partial charge in [0.15, 0.2) is 0 Å². The first-order valence-corrected chi connectivity index (χ1v) is 11.2. The summed E-state index contributed by atoms with van der Waals surface area (Å²) in [7, 11) is 5.90. The maximum Gasteiger partial charge on any atom is 0.253 e. The SMILES string of the molecule is CC(CC1(C)CC1)N1CCC(Oc2cccc(C(=O)N(C)CCN(C)C)c2)CC1. The molecule has 5 nitrogen and oxygen atoms in total. The fourth-order valence-corrected chi connectivity index (χ4v) is 4.26. The fraction of sp³-hybridized carbons (Fsp3) is 0.708. The molecule has 1 atom stereocenters. The standard InChI is InChI=1S/C24H39N3O2/c1-19(18-24(2)11-12-24)27-13-9-21(10-14-27)29-22-8-6-7-20(17-22)23(28)26(5)16-15-25(3)4/h6-8,17,19,21H,9-16,18H2,1-5H3. The quantitative estimate of drug-likeness (QED) is 0.632. The molecule has 3 rings (SSSR count). The first kappa shape index (κ1) is 22.1. The molecular weight excluding hydrogens is 362 g/mol. The van der Waals surface area contributed by atoms with Crippen LogP contribution in [0.2, 0.25) is 0 Å². The van der Waals surface area contributed by atoms with E-state index in [4.69, 9.17) is 4.74 Å². The lowest BCUT2D eigenvalue weighted by atomic mass is 9.97. The average Bonchev–Trinajstić information content (AvgIpc) is 3.42. The Kier molecular flexibility index (Phi) is 7.23. The lowest BCUT2D eigenvalue weighted by Crippen LogP contribution is -2.43. The zero-order chi connectivity index (χ0) is 21.0. The van der Waals surface area contributed by atoms with Gasteiger partial charge in [0.25, 0.3) is 5.91 Å². The van der Waals surface area contributed by atoms with Crippen LogP contribution >= 0.6 is 0 Å². The minimum Gasteiger partial charge on any atom is -0.490 e. The summed E-state index contributed by atoms with van der Waals surface area (Å²) < 4.78 is 6.26. The van der Waals surface area contributed by atoms with Crippen molar-refractivity contribution < 1.29 is 9.53 Å². The number of amides is 1. The number of hydrogen-bond donors (Lipinski definition) is 0. The molecule has 0 radical (unpaired) electrons. The molecule has 0 aromatic heterocycles. The highest BCUT2D eigenvalue weighted by Crippen LogP contribution is 2.49. The van der Waals surface area contributed by atoms with E-state index in [0.717, 1.165) is 38.2 Å². The molecule has 162 valence electrons. The summed E-state index contributed by atoms with van der Waals surface area (Å²) in [5.74, 6) is 0.864. The molecule has 1 aromatic carbocycles. The van der Waals surface area contributed by atoms with Gasteiger partial charge in [-0.1, -0.05) is 13.0 Å². The van der Waals surface area contributed by atoms with Crippen LogP contribution in [0.1, 0.15) is 56.3 Å². The molecule has 1 saturated carbocycles.